The van der Waals surface area contributed by atoms with Crippen LogP contribution in [0.3, 0.4) is 0 Å². The summed E-state index contributed by atoms with van der Waals surface area (Å²) in [6.07, 6.45) is 0. The van der Waals surface area contributed by atoms with Crippen LogP contribution < -0.4 is 0 Å². The molecule has 0 saturated heterocycles. The molecule has 0 spiro atoms. The van der Waals surface area contributed by atoms with Gasteiger partial charge in [-0.1, -0.05) is 35.6 Å². The molecule has 3 nitrogen and oxygen atoms in total. The first-order chi connectivity index (χ1) is 7.43. The third-order valence-corrected chi connectivity index (χ3v) is 2.89. The zero-order valence-electron chi connectivity index (χ0n) is 7.79. The second-order valence-corrected chi connectivity index (χ2v) is 3.97. The van der Waals surface area contributed by atoms with Crippen LogP contribution in [0.5, 0.6) is 0 Å². The van der Waals surface area contributed by atoms with Crippen LogP contribution in [0.15, 0.2) is 41.9 Å². The van der Waals surface area contributed by atoms with E-state index in [-0.39, 0.29) is 0 Å². The van der Waals surface area contributed by atoms with Gasteiger partial charge in [0.05, 0.1) is 5.52 Å². The summed E-state index contributed by atoms with van der Waals surface area (Å²) in [5.74, 6) is 0. The Morgan fingerprint density at radius 2 is 1.93 bits per heavy atom. The summed E-state index contributed by atoms with van der Waals surface area (Å²) in [6, 6.07) is 12.1. The molecule has 15 heavy (non-hydrogen) atoms. The van der Waals surface area contributed by atoms with E-state index in [2.05, 4.69) is 21.2 Å². The Balaban J connectivity index is 2.22. The van der Waals surface area contributed by atoms with Crippen molar-refractivity contribution in [1.29, 1.82) is 0 Å². The highest BCUT2D eigenvalue weighted by Gasteiger charge is 2.03. The van der Waals surface area contributed by atoms with Crippen molar-refractivity contribution < 1.29 is 0 Å². The van der Waals surface area contributed by atoms with Crippen LogP contribution in [0.4, 0.5) is 0 Å². The molecule has 0 N–H and O–H groups in total. The third kappa shape index (κ3) is 1.49. The lowest BCUT2D eigenvalue weighted by Gasteiger charge is -1.98. The lowest BCUT2D eigenvalue weighted by Crippen LogP contribution is -1.84. The van der Waals surface area contributed by atoms with Gasteiger partial charge in [-0.2, -0.15) is 0 Å². The van der Waals surface area contributed by atoms with E-state index in [0.717, 1.165) is 21.6 Å². The van der Waals surface area contributed by atoms with Crippen molar-refractivity contribution in [2.75, 3.05) is 0 Å². The van der Waals surface area contributed by atoms with Gasteiger partial charge in [-0.05, 0) is 12.1 Å². The van der Waals surface area contributed by atoms with Crippen LogP contribution in [0.2, 0.25) is 0 Å². The molecule has 0 amide bonds. The van der Waals surface area contributed by atoms with Crippen molar-refractivity contribution in [3.05, 3.63) is 41.9 Å². The predicted molar refractivity (Wildman–Crippen MR) is 60.6 cm³/mol. The summed E-state index contributed by atoms with van der Waals surface area (Å²) in [4.78, 5) is 4.53. The molecule has 0 unspecified atom stereocenters. The maximum absolute atomic E-state index is 4.53. The van der Waals surface area contributed by atoms with Crippen LogP contribution in [0.1, 0.15) is 0 Å². The van der Waals surface area contributed by atoms with Gasteiger partial charge in [0.2, 0.25) is 0 Å². The first kappa shape index (κ1) is 8.49. The molecule has 2 aromatic heterocycles. The van der Waals surface area contributed by atoms with Gasteiger partial charge in [-0.15, -0.1) is 10.2 Å². The molecule has 0 aliphatic heterocycles. The fourth-order valence-electron chi connectivity index (χ4n) is 1.47. The topological polar surface area (TPSA) is 38.7 Å². The van der Waals surface area contributed by atoms with Gasteiger partial charge >= 0.3 is 0 Å². The lowest BCUT2D eigenvalue weighted by molar-refractivity contribution is 1.09. The van der Waals surface area contributed by atoms with Crippen molar-refractivity contribution in [1.82, 2.24) is 15.2 Å². The molecule has 1 aromatic carbocycles. The average molecular weight is 213 g/mol. The van der Waals surface area contributed by atoms with Crippen LogP contribution in [-0.2, 0) is 0 Å². The number of aromatic nitrogens is 3. The van der Waals surface area contributed by atoms with Gasteiger partial charge in [0.1, 0.15) is 11.2 Å². The van der Waals surface area contributed by atoms with Gasteiger partial charge in [0, 0.05) is 5.39 Å². The molecule has 0 aliphatic carbocycles. The smallest absolute Gasteiger partial charge is 0.166 e. The van der Waals surface area contributed by atoms with Gasteiger partial charge in [0.15, 0.2) is 5.01 Å². The summed E-state index contributed by atoms with van der Waals surface area (Å²) in [5.41, 5.74) is 3.59. The number of hydrogen-bond donors (Lipinski definition) is 0. The van der Waals surface area contributed by atoms with Gasteiger partial charge in [-0.25, -0.2) is 4.98 Å². The number of nitrogens with zero attached hydrogens (tertiary/aromatic N) is 3. The summed E-state index contributed by atoms with van der Waals surface area (Å²) < 4.78 is 0. The van der Waals surface area contributed by atoms with Crippen LogP contribution in [-0.4, -0.2) is 15.2 Å². The van der Waals surface area contributed by atoms with Crippen LogP contribution in [0, 0.1) is 0 Å². The molecule has 3 rings (SSSR count). The Morgan fingerprint density at radius 1 is 1.00 bits per heavy atom. The molecule has 2 heterocycles. The second kappa shape index (κ2) is 3.40. The highest BCUT2D eigenvalue weighted by Crippen LogP contribution is 2.21. The number of benzene rings is 1. The average Bonchev–Trinajstić information content (AvgIpc) is 2.82. The van der Waals surface area contributed by atoms with E-state index < -0.39 is 0 Å². The van der Waals surface area contributed by atoms with Crippen molar-refractivity contribution in [2.45, 2.75) is 0 Å². The SMILES string of the molecule is c1ccc2nc(-c3nncs3)ccc2c1. The molecule has 0 fully saturated rings. The van der Waals surface area contributed by atoms with Crippen molar-refractivity contribution in [3.63, 3.8) is 0 Å². The van der Waals surface area contributed by atoms with E-state index in [1.165, 1.54) is 11.3 Å². The molecule has 0 atom stereocenters. The maximum atomic E-state index is 4.53. The molecule has 0 radical (unpaired) electrons. The molecule has 0 bridgehead atoms. The van der Waals surface area contributed by atoms with Crippen molar-refractivity contribution >= 4 is 22.2 Å². The Morgan fingerprint density at radius 3 is 2.80 bits per heavy atom. The third-order valence-electron chi connectivity index (χ3n) is 2.18. The van der Waals surface area contributed by atoms with E-state index >= 15 is 0 Å². The highest BCUT2D eigenvalue weighted by atomic mass is 32.1. The quantitative estimate of drug-likeness (QED) is 0.624. The fourth-order valence-corrected chi connectivity index (χ4v) is 1.99. The fraction of sp³-hybridized carbons (Fsp3) is 0. The predicted octanol–water partition coefficient (Wildman–Crippen LogP) is 2.75. The van der Waals surface area contributed by atoms with E-state index in [1.807, 2.05) is 30.3 Å². The minimum atomic E-state index is 0.862. The van der Waals surface area contributed by atoms with Crippen LogP contribution in [0.25, 0.3) is 21.6 Å². The number of pyridine rings is 1. The van der Waals surface area contributed by atoms with E-state index in [9.17, 15) is 0 Å². The molecular formula is C11H7N3S. The standard InChI is InChI=1S/C11H7N3S/c1-2-4-9-8(3-1)5-6-10(13-9)11-14-12-7-15-11/h1-7H. The van der Waals surface area contributed by atoms with E-state index in [4.69, 9.17) is 0 Å². The zero-order valence-corrected chi connectivity index (χ0v) is 8.61. The van der Waals surface area contributed by atoms with E-state index in [1.54, 1.807) is 5.51 Å². The Kier molecular flexibility index (Phi) is 1.93. The summed E-state index contributed by atoms with van der Waals surface area (Å²) in [5, 5.41) is 9.81. The highest BCUT2D eigenvalue weighted by molar-refractivity contribution is 7.12. The zero-order chi connectivity index (χ0) is 10.1. The minimum absolute atomic E-state index is 0.862. The number of rotatable bonds is 1. The molecule has 72 valence electrons. The Hall–Kier alpha value is -1.81. The first-order valence-electron chi connectivity index (χ1n) is 4.56. The summed E-state index contributed by atoms with van der Waals surface area (Å²) >= 11 is 1.50. The van der Waals surface area contributed by atoms with Gasteiger partial charge in [-0.3, -0.25) is 0 Å². The van der Waals surface area contributed by atoms with Crippen molar-refractivity contribution in [3.8, 4) is 10.7 Å². The molecule has 0 saturated carbocycles. The summed E-state index contributed by atoms with van der Waals surface area (Å²) in [7, 11) is 0. The van der Waals surface area contributed by atoms with Crippen molar-refractivity contribution in [2.24, 2.45) is 0 Å². The maximum Gasteiger partial charge on any atom is 0.166 e. The van der Waals surface area contributed by atoms with Gasteiger partial charge in [0.25, 0.3) is 0 Å². The molecule has 4 heteroatoms. The monoisotopic (exact) mass is 213 g/mol. The molecule has 0 aliphatic rings. The number of para-hydroxylation sites is 1. The second-order valence-electron chi connectivity index (χ2n) is 3.13. The largest absolute Gasteiger partial charge is 0.245 e. The Labute approximate surface area is 90.4 Å². The number of fused-ring (bicyclic) bond motifs is 1. The first-order valence-corrected chi connectivity index (χ1v) is 5.44. The van der Waals surface area contributed by atoms with Gasteiger partial charge < -0.3 is 0 Å². The molecular weight excluding hydrogens is 206 g/mol. The normalized spacial score (nSPS) is 10.7. The summed E-state index contributed by atoms with van der Waals surface area (Å²) in [6.45, 7) is 0. The van der Waals surface area contributed by atoms with E-state index in [0.29, 0.717) is 0 Å². The molecule has 3 aromatic rings. The minimum Gasteiger partial charge on any atom is -0.245 e. The van der Waals surface area contributed by atoms with Crippen LogP contribution >= 0.6 is 11.3 Å². The number of hydrogen-bond acceptors (Lipinski definition) is 4. The lowest BCUT2D eigenvalue weighted by atomic mass is 10.2. The Bertz CT molecular complexity index is 590.